The fourth-order valence-corrected chi connectivity index (χ4v) is 2.41. The number of hydrogen-bond donors (Lipinski definition) is 1. The molecule has 0 saturated carbocycles. The average Bonchev–Trinajstić information content (AvgIpc) is 3.04. The summed E-state index contributed by atoms with van der Waals surface area (Å²) in [5.41, 5.74) is 0.539. The molecule has 1 saturated heterocycles. The summed E-state index contributed by atoms with van der Waals surface area (Å²) in [5.74, 6) is -0.0869. The molecular weight excluding hydrogens is 326 g/mol. The van der Waals surface area contributed by atoms with Crippen molar-refractivity contribution in [3.63, 3.8) is 0 Å². The molecule has 1 unspecified atom stereocenters. The Labute approximate surface area is 144 Å². The lowest BCUT2D eigenvalue weighted by Crippen LogP contribution is -2.29. The molecule has 1 aromatic heterocycles. The summed E-state index contributed by atoms with van der Waals surface area (Å²) in [7, 11) is 0. The van der Waals surface area contributed by atoms with E-state index in [1.165, 1.54) is 23.8 Å². The smallest absolute Gasteiger partial charge is 0.351 e. The topological polar surface area (TPSA) is 91.7 Å². The second-order valence-corrected chi connectivity index (χ2v) is 5.54. The third-order valence-electron chi connectivity index (χ3n) is 3.54. The maximum atomic E-state index is 12.0. The molecule has 8 heteroatoms. The van der Waals surface area contributed by atoms with E-state index in [9.17, 15) is 9.59 Å². The summed E-state index contributed by atoms with van der Waals surface area (Å²) in [4.78, 5) is 26.8. The Bertz CT molecular complexity index is 777. The molecule has 2 aromatic rings. The summed E-state index contributed by atoms with van der Waals surface area (Å²) in [5, 5.41) is 2.46. The predicted octanol–water partition coefficient (Wildman–Crippen LogP) is 1.29. The van der Waals surface area contributed by atoms with Gasteiger partial charge in [0.05, 0.1) is 19.8 Å². The van der Waals surface area contributed by atoms with Crippen molar-refractivity contribution in [2.75, 3.05) is 18.5 Å². The zero-order valence-electron chi connectivity index (χ0n) is 13.8. The van der Waals surface area contributed by atoms with Gasteiger partial charge in [-0.3, -0.25) is 9.36 Å². The van der Waals surface area contributed by atoms with E-state index in [0.717, 1.165) is 5.56 Å². The number of hydrogen-bond acceptors (Lipinski definition) is 6. The van der Waals surface area contributed by atoms with Crippen LogP contribution in [0.5, 0.6) is 0 Å². The highest BCUT2D eigenvalue weighted by molar-refractivity contribution is 5.87. The highest BCUT2D eigenvalue weighted by Crippen LogP contribution is 2.20. The molecule has 3 rings (SSSR count). The minimum Gasteiger partial charge on any atom is -0.371 e. The number of amides is 1. The average molecular weight is 345 g/mol. The number of benzene rings is 1. The Balaban J connectivity index is 1.52. The van der Waals surface area contributed by atoms with E-state index < -0.39 is 18.2 Å². The molecule has 8 nitrogen and oxygen atoms in total. The number of rotatable bonds is 6. The highest BCUT2D eigenvalue weighted by atomic mass is 16.7. The second-order valence-electron chi connectivity index (χ2n) is 5.54. The summed E-state index contributed by atoms with van der Waals surface area (Å²) in [6, 6.07) is 11.3. The first kappa shape index (κ1) is 17.3. The van der Waals surface area contributed by atoms with Crippen LogP contribution in [0.4, 0.5) is 5.82 Å². The third-order valence-corrected chi connectivity index (χ3v) is 3.54. The summed E-state index contributed by atoms with van der Waals surface area (Å²) in [6.07, 6.45) is 0.398. The quantitative estimate of drug-likeness (QED) is 0.848. The maximum Gasteiger partial charge on any atom is 0.351 e. The van der Waals surface area contributed by atoms with E-state index in [0.29, 0.717) is 6.61 Å². The summed E-state index contributed by atoms with van der Waals surface area (Å²) >= 11 is 0. The minimum atomic E-state index is -0.572. The number of carbonyl (C=O) groups excluding carboxylic acids is 1. The van der Waals surface area contributed by atoms with Crippen LogP contribution in [0.2, 0.25) is 0 Å². The fourth-order valence-electron chi connectivity index (χ4n) is 2.41. The highest BCUT2D eigenvalue weighted by Gasteiger charge is 2.28. The van der Waals surface area contributed by atoms with E-state index in [-0.39, 0.29) is 24.9 Å². The van der Waals surface area contributed by atoms with Crippen LogP contribution in [-0.2, 0) is 25.6 Å². The zero-order valence-corrected chi connectivity index (χ0v) is 13.8. The zero-order chi connectivity index (χ0) is 17.6. The number of nitrogens with zero attached hydrogens (tertiary/aromatic N) is 2. The predicted molar refractivity (Wildman–Crippen MR) is 88.8 cm³/mol. The standard InChI is InChI=1S/C17H19N3O5/c1-12(21)18-14-7-8-20(17(22)19-14)15-10-24-16(25-15)11-23-9-13-5-3-2-4-6-13/h2-8,15-16H,9-11H2,1H3,(H,18,19,21,22)/t15?,16-/m0/s1. The Hall–Kier alpha value is -2.55. The Morgan fingerprint density at radius 2 is 2.16 bits per heavy atom. The van der Waals surface area contributed by atoms with Gasteiger partial charge in [-0.25, -0.2) is 4.79 Å². The van der Waals surface area contributed by atoms with E-state index in [2.05, 4.69) is 10.3 Å². The molecule has 2 heterocycles. The number of ether oxygens (including phenoxy) is 3. The van der Waals surface area contributed by atoms with Crippen LogP contribution in [0.3, 0.4) is 0 Å². The van der Waals surface area contributed by atoms with Gasteiger partial charge in [0.15, 0.2) is 12.5 Å². The molecule has 132 valence electrons. The van der Waals surface area contributed by atoms with E-state index in [1.54, 1.807) is 0 Å². The van der Waals surface area contributed by atoms with Crippen LogP contribution >= 0.6 is 0 Å². The molecular formula is C17H19N3O5. The normalized spacial score (nSPS) is 19.7. The van der Waals surface area contributed by atoms with Crippen molar-refractivity contribution in [1.82, 2.24) is 9.55 Å². The molecule has 1 fully saturated rings. The first-order valence-electron chi connectivity index (χ1n) is 7.87. The van der Waals surface area contributed by atoms with Crippen LogP contribution in [0, 0.1) is 0 Å². The third kappa shape index (κ3) is 4.72. The van der Waals surface area contributed by atoms with Crippen molar-refractivity contribution < 1.29 is 19.0 Å². The first-order chi connectivity index (χ1) is 12.1. The number of nitrogens with one attached hydrogen (secondary N) is 1. The molecule has 1 N–H and O–H groups in total. The van der Waals surface area contributed by atoms with Gasteiger partial charge >= 0.3 is 5.69 Å². The SMILES string of the molecule is CC(=O)Nc1ccn(C2CO[C@H](COCc3ccccc3)O2)c(=O)n1. The van der Waals surface area contributed by atoms with Gasteiger partial charge in [0.25, 0.3) is 0 Å². The number of carbonyl (C=O) groups is 1. The van der Waals surface area contributed by atoms with Crippen molar-refractivity contribution >= 4 is 11.7 Å². The second kappa shape index (κ2) is 8.02. The van der Waals surface area contributed by atoms with Gasteiger partial charge in [-0.2, -0.15) is 4.98 Å². The molecule has 0 spiro atoms. The summed E-state index contributed by atoms with van der Waals surface area (Å²) in [6.45, 7) is 2.29. The van der Waals surface area contributed by atoms with Gasteiger partial charge in [0.2, 0.25) is 5.91 Å². The lowest BCUT2D eigenvalue weighted by molar-refractivity contribution is -0.118. The van der Waals surface area contributed by atoms with Gasteiger partial charge in [-0.05, 0) is 11.6 Å². The van der Waals surface area contributed by atoms with Crippen LogP contribution in [0.25, 0.3) is 0 Å². The van der Waals surface area contributed by atoms with Gasteiger partial charge in [-0.15, -0.1) is 0 Å². The van der Waals surface area contributed by atoms with Crippen LogP contribution in [-0.4, -0.2) is 35.0 Å². The van der Waals surface area contributed by atoms with E-state index >= 15 is 0 Å². The van der Waals surface area contributed by atoms with E-state index in [1.807, 2.05) is 30.3 Å². The van der Waals surface area contributed by atoms with Gasteiger partial charge in [0.1, 0.15) is 5.82 Å². The molecule has 2 atom stereocenters. The van der Waals surface area contributed by atoms with Crippen molar-refractivity contribution in [3.05, 3.63) is 58.6 Å². The van der Waals surface area contributed by atoms with E-state index in [4.69, 9.17) is 14.2 Å². The lowest BCUT2D eigenvalue weighted by atomic mass is 10.2. The number of aromatic nitrogens is 2. The monoisotopic (exact) mass is 345 g/mol. The largest absolute Gasteiger partial charge is 0.371 e. The summed E-state index contributed by atoms with van der Waals surface area (Å²) < 4.78 is 18.1. The van der Waals surface area contributed by atoms with Gasteiger partial charge in [-0.1, -0.05) is 30.3 Å². The molecule has 25 heavy (non-hydrogen) atoms. The Morgan fingerprint density at radius 1 is 1.36 bits per heavy atom. The molecule has 1 aliphatic rings. The van der Waals surface area contributed by atoms with Crippen molar-refractivity contribution in [3.8, 4) is 0 Å². The first-order valence-corrected chi connectivity index (χ1v) is 7.87. The van der Waals surface area contributed by atoms with Gasteiger partial charge in [0, 0.05) is 13.1 Å². The molecule has 0 aliphatic carbocycles. The van der Waals surface area contributed by atoms with Gasteiger partial charge < -0.3 is 19.5 Å². The van der Waals surface area contributed by atoms with Crippen molar-refractivity contribution in [2.24, 2.45) is 0 Å². The lowest BCUT2D eigenvalue weighted by Gasteiger charge is -2.14. The van der Waals surface area contributed by atoms with Crippen molar-refractivity contribution in [2.45, 2.75) is 26.0 Å². The Morgan fingerprint density at radius 3 is 2.88 bits per heavy atom. The molecule has 0 radical (unpaired) electrons. The van der Waals surface area contributed by atoms with Crippen molar-refractivity contribution in [1.29, 1.82) is 0 Å². The minimum absolute atomic E-state index is 0.204. The van der Waals surface area contributed by atoms with Crippen LogP contribution in [0.1, 0.15) is 18.7 Å². The van der Waals surface area contributed by atoms with Crippen LogP contribution in [0.15, 0.2) is 47.4 Å². The fraction of sp³-hybridized carbons (Fsp3) is 0.353. The molecule has 1 aliphatic heterocycles. The van der Waals surface area contributed by atoms with Crippen LogP contribution < -0.4 is 11.0 Å². The molecule has 1 aromatic carbocycles. The number of anilines is 1. The maximum absolute atomic E-state index is 12.0. The molecule has 1 amide bonds. The molecule has 0 bridgehead atoms. The Kier molecular flexibility index (Phi) is 5.54.